The van der Waals surface area contributed by atoms with Crippen molar-refractivity contribution in [1.82, 2.24) is 0 Å². The van der Waals surface area contributed by atoms with Crippen molar-refractivity contribution in [1.29, 1.82) is 5.26 Å². The summed E-state index contributed by atoms with van der Waals surface area (Å²) < 4.78 is 12.5. The van der Waals surface area contributed by atoms with Gasteiger partial charge in [-0.05, 0) is 53.2 Å². The van der Waals surface area contributed by atoms with Gasteiger partial charge in [0, 0.05) is 15.0 Å². The van der Waals surface area contributed by atoms with Crippen molar-refractivity contribution >= 4 is 43.5 Å². The fourth-order valence-corrected chi connectivity index (χ4v) is 3.05. The molecule has 0 radical (unpaired) electrons. The van der Waals surface area contributed by atoms with Crippen LogP contribution in [0.15, 0.2) is 45.3 Å². The van der Waals surface area contributed by atoms with Gasteiger partial charge in [0.15, 0.2) is 17.6 Å². The van der Waals surface area contributed by atoms with Crippen LogP contribution in [0.25, 0.3) is 0 Å². The molecule has 0 fully saturated rings. The molecule has 2 aromatic rings. The molecule has 1 amide bonds. The van der Waals surface area contributed by atoms with Crippen molar-refractivity contribution in [3.63, 3.8) is 0 Å². The molecule has 2 aromatic carbocycles. The number of carbonyl (C=O) groups excluding carboxylic acids is 1. The van der Waals surface area contributed by atoms with Crippen molar-refractivity contribution in [2.75, 3.05) is 12.4 Å². The molecule has 0 saturated carbocycles. The van der Waals surface area contributed by atoms with E-state index in [1.165, 1.54) is 7.11 Å². The van der Waals surface area contributed by atoms with E-state index in [1.54, 1.807) is 31.2 Å². The van der Waals surface area contributed by atoms with Crippen LogP contribution in [0.3, 0.4) is 0 Å². The van der Waals surface area contributed by atoms with Gasteiger partial charge in [0.25, 0.3) is 5.91 Å². The van der Waals surface area contributed by atoms with Crippen LogP contribution >= 0.6 is 31.9 Å². The Morgan fingerprint density at radius 1 is 1.21 bits per heavy atom. The third-order valence-electron chi connectivity index (χ3n) is 3.15. The fraction of sp³-hybridized carbons (Fsp3) is 0.176. The molecule has 2 rings (SSSR count). The van der Waals surface area contributed by atoms with Gasteiger partial charge in [-0.3, -0.25) is 4.79 Å². The van der Waals surface area contributed by atoms with Crippen molar-refractivity contribution in [3.8, 4) is 17.6 Å². The number of nitriles is 1. The summed E-state index contributed by atoms with van der Waals surface area (Å²) in [6.07, 6.45) is -0.748. The summed E-state index contributed by atoms with van der Waals surface area (Å²) in [5.74, 6) is 0.497. The molecular weight excluding hydrogens is 440 g/mol. The Bertz CT molecular complexity index is 803. The molecule has 0 aliphatic heterocycles. The Labute approximate surface area is 156 Å². The highest BCUT2D eigenvalue weighted by molar-refractivity contribution is 9.11. The van der Waals surface area contributed by atoms with E-state index in [9.17, 15) is 4.79 Å². The zero-order chi connectivity index (χ0) is 17.7. The van der Waals surface area contributed by atoms with Gasteiger partial charge >= 0.3 is 0 Å². The Hall–Kier alpha value is -2.04. The maximum atomic E-state index is 12.3. The smallest absolute Gasteiger partial charge is 0.265 e. The van der Waals surface area contributed by atoms with Crippen LogP contribution in [-0.2, 0) is 4.79 Å². The molecule has 0 heterocycles. The van der Waals surface area contributed by atoms with Gasteiger partial charge in [0.2, 0.25) is 0 Å². The number of amides is 1. The number of ether oxygens (including phenoxy) is 2. The highest BCUT2D eigenvalue weighted by atomic mass is 79.9. The molecule has 0 aliphatic rings. The summed E-state index contributed by atoms with van der Waals surface area (Å²) in [5.41, 5.74) is 1.10. The largest absolute Gasteiger partial charge is 0.493 e. The first-order chi connectivity index (χ1) is 11.4. The third-order valence-corrected chi connectivity index (χ3v) is 4.30. The molecule has 0 aliphatic carbocycles. The summed E-state index contributed by atoms with van der Waals surface area (Å²) >= 11 is 6.75. The lowest BCUT2D eigenvalue weighted by Crippen LogP contribution is -2.30. The Morgan fingerprint density at radius 3 is 2.58 bits per heavy atom. The van der Waals surface area contributed by atoms with Gasteiger partial charge in [-0.15, -0.1) is 0 Å². The van der Waals surface area contributed by atoms with Gasteiger partial charge < -0.3 is 14.8 Å². The van der Waals surface area contributed by atoms with Crippen molar-refractivity contribution < 1.29 is 14.3 Å². The fourth-order valence-electron chi connectivity index (χ4n) is 1.90. The number of carbonyl (C=O) groups is 1. The number of nitrogens with zero attached hydrogens (tertiary/aromatic N) is 1. The van der Waals surface area contributed by atoms with E-state index in [1.807, 2.05) is 18.2 Å². The highest BCUT2D eigenvalue weighted by Gasteiger charge is 2.18. The SMILES string of the molecule is COc1cc(C#N)ccc1O[C@@H](C)C(=O)Nc1ccc(Br)cc1Br. The molecule has 0 unspecified atom stereocenters. The average molecular weight is 454 g/mol. The van der Waals surface area contributed by atoms with Crippen LogP contribution in [0.1, 0.15) is 12.5 Å². The number of nitrogens with one attached hydrogen (secondary N) is 1. The van der Waals surface area contributed by atoms with Crippen LogP contribution in [0.2, 0.25) is 0 Å². The molecule has 0 saturated heterocycles. The molecule has 124 valence electrons. The summed E-state index contributed by atoms with van der Waals surface area (Å²) in [5, 5.41) is 11.7. The highest BCUT2D eigenvalue weighted by Crippen LogP contribution is 2.30. The van der Waals surface area contributed by atoms with E-state index < -0.39 is 6.10 Å². The monoisotopic (exact) mass is 452 g/mol. The summed E-state index contributed by atoms with van der Waals surface area (Å²) in [6, 6.07) is 12.2. The molecule has 5 nitrogen and oxygen atoms in total. The number of benzene rings is 2. The Morgan fingerprint density at radius 2 is 1.96 bits per heavy atom. The molecule has 0 spiro atoms. The minimum Gasteiger partial charge on any atom is -0.493 e. The van der Waals surface area contributed by atoms with Gasteiger partial charge in [0.05, 0.1) is 24.4 Å². The Balaban J connectivity index is 2.10. The Kier molecular flexibility index (Phi) is 6.23. The van der Waals surface area contributed by atoms with Crippen LogP contribution in [-0.4, -0.2) is 19.1 Å². The molecular formula is C17H14Br2N2O3. The van der Waals surface area contributed by atoms with Crippen molar-refractivity contribution in [2.24, 2.45) is 0 Å². The maximum absolute atomic E-state index is 12.3. The van der Waals surface area contributed by atoms with Gasteiger partial charge in [-0.2, -0.15) is 5.26 Å². The van der Waals surface area contributed by atoms with Gasteiger partial charge in [-0.25, -0.2) is 0 Å². The summed E-state index contributed by atoms with van der Waals surface area (Å²) in [4.78, 5) is 12.3. The van der Waals surface area contributed by atoms with E-state index in [4.69, 9.17) is 14.7 Å². The summed E-state index contributed by atoms with van der Waals surface area (Å²) in [7, 11) is 1.48. The standard InChI is InChI=1S/C17H14Br2N2O3/c1-10(17(22)21-14-5-4-12(18)8-13(14)19)24-15-6-3-11(9-20)7-16(15)23-2/h3-8,10H,1-2H3,(H,21,22)/t10-/m0/s1. The average Bonchev–Trinajstić information content (AvgIpc) is 2.57. The first kappa shape index (κ1) is 18.3. The predicted molar refractivity (Wildman–Crippen MR) is 98.3 cm³/mol. The zero-order valence-corrected chi connectivity index (χ0v) is 16.1. The lowest BCUT2D eigenvalue weighted by atomic mass is 10.2. The molecule has 24 heavy (non-hydrogen) atoms. The van der Waals surface area contributed by atoms with E-state index >= 15 is 0 Å². The second-order valence-corrected chi connectivity index (χ2v) is 6.62. The number of hydrogen-bond donors (Lipinski definition) is 1. The predicted octanol–water partition coefficient (Wildman–Crippen LogP) is 4.50. The topological polar surface area (TPSA) is 71.3 Å². The van der Waals surface area contributed by atoms with E-state index in [-0.39, 0.29) is 5.91 Å². The number of rotatable bonds is 5. The third kappa shape index (κ3) is 4.49. The summed E-state index contributed by atoms with van der Waals surface area (Å²) in [6.45, 7) is 1.64. The maximum Gasteiger partial charge on any atom is 0.265 e. The number of anilines is 1. The van der Waals surface area contributed by atoms with Gasteiger partial charge in [-0.1, -0.05) is 15.9 Å². The first-order valence-electron chi connectivity index (χ1n) is 6.95. The molecule has 0 aromatic heterocycles. The first-order valence-corrected chi connectivity index (χ1v) is 8.54. The number of hydrogen-bond acceptors (Lipinski definition) is 4. The van der Waals surface area contributed by atoms with Crippen molar-refractivity contribution in [2.45, 2.75) is 13.0 Å². The molecule has 1 N–H and O–H groups in total. The van der Waals surface area contributed by atoms with E-state index in [0.29, 0.717) is 22.7 Å². The van der Waals surface area contributed by atoms with Crippen LogP contribution in [0.4, 0.5) is 5.69 Å². The quantitative estimate of drug-likeness (QED) is 0.723. The second-order valence-electron chi connectivity index (χ2n) is 4.85. The van der Waals surface area contributed by atoms with E-state index in [0.717, 1.165) is 8.95 Å². The number of methoxy groups -OCH3 is 1. The number of halogens is 2. The van der Waals surface area contributed by atoms with Crippen LogP contribution < -0.4 is 14.8 Å². The normalized spacial score (nSPS) is 11.3. The lowest BCUT2D eigenvalue weighted by molar-refractivity contribution is -0.122. The van der Waals surface area contributed by atoms with E-state index in [2.05, 4.69) is 37.2 Å². The molecule has 0 bridgehead atoms. The minimum absolute atomic E-state index is 0.301. The lowest BCUT2D eigenvalue weighted by Gasteiger charge is -2.17. The second kappa shape index (κ2) is 8.18. The van der Waals surface area contributed by atoms with Crippen molar-refractivity contribution in [3.05, 3.63) is 50.9 Å². The minimum atomic E-state index is -0.748. The zero-order valence-electron chi connectivity index (χ0n) is 13.0. The molecule has 1 atom stereocenters. The molecule has 7 heteroatoms. The van der Waals surface area contributed by atoms with Crippen LogP contribution in [0, 0.1) is 11.3 Å². The van der Waals surface area contributed by atoms with Gasteiger partial charge in [0.1, 0.15) is 0 Å². The van der Waals surface area contributed by atoms with Crippen LogP contribution in [0.5, 0.6) is 11.5 Å².